The third kappa shape index (κ3) is 8.06. The predicted octanol–water partition coefficient (Wildman–Crippen LogP) is 5.79. The van der Waals surface area contributed by atoms with Gasteiger partial charge in [-0.3, -0.25) is 4.79 Å². The number of carbonyl (C=O) groups excluding carboxylic acids is 3. The van der Waals surface area contributed by atoms with Gasteiger partial charge in [-0.1, -0.05) is 20.8 Å². The predicted molar refractivity (Wildman–Crippen MR) is 180 cm³/mol. The molecule has 3 aromatic rings. The lowest BCUT2D eigenvalue weighted by Crippen LogP contribution is -2.57. The molecule has 47 heavy (non-hydrogen) atoms. The fourth-order valence-corrected chi connectivity index (χ4v) is 6.88. The highest BCUT2D eigenvalue weighted by molar-refractivity contribution is 7.14. The van der Waals surface area contributed by atoms with E-state index in [-0.39, 0.29) is 25.1 Å². The topological polar surface area (TPSA) is 141 Å². The molecule has 3 heterocycles. The molecule has 0 unspecified atom stereocenters. The number of benzene rings is 1. The molecule has 5 rings (SSSR count). The number of amides is 2. The van der Waals surface area contributed by atoms with E-state index in [2.05, 4.69) is 10.6 Å². The van der Waals surface area contributed by atoms with E-state index in [1.165, 1.54) is 23.3 Å². The first kappa shape index (κ1) is 34.2. The van der Waals surface area contributed by atoms with Crippen LogP contribution in [0.15, 0.2) is 29.6 Å². The van der Waals surface area contributed by atoms with E-state index in [0.717, 1.165) is 36.2 Å². The third-order valence-electron chi connectivity index (χ3n) is 8.42. The molecule has 3 atom stereocenters. The molecular formula is C34H45N5O7S. The average Bonchev–Trinajstić information content (AvgIpc) is 3.80. The van der Waals surface area contributed by atoms with Crippen molar-refractivity contribution in [1.82, 2.24) is 20.2 Å². The van der Waals surface area contributed by atoms with Gasteiger partial charge in [-0.25, -0.2) is 19.6 Å². The second-order valence-corrected chi connectivity index (χ2v) is 14.3. The second-order valence-electron chi connectivity index (χ2n) is 13.5. The Hall–Kier alpha value is -4.13. The largest absolute Gasteiger partial charge is 0.497 e. The first-order valence-corrected chi connectivity index (χ1v) is 17.0. The van der Waals surface area contributed by atoms with Crippen LogP contribution in [0.3, 0.4) is 0 Å². The molecule has 2 amide bonds. The van der Waals surface area contributed by atoms with Crippen LogP contribution >= 0.6 is 11.3 Å². The molecule has 0 radical (unpaired) electrons. The van der Waals surface area contributed by atoms with Crippen LogP contribution in [0.5, 0.6) is 11.5 Å². The first-order valence-electron chi connectivity index (χ1n) is 16.1. The third-order valence-corrected chi connectivity index (χ3v) is 9.20. The van der Waals surface area contributed by atoms with Crippen molar-refractivity contribution < 1.29 is 33.3 Å². The van der Waals surface area contributed by atoms with E-state index in [4.69, 9.17) is 28.9 Å². The second kappa shape index (κ2) is 14.3. The summed E-state index contributed by atoms with van der Waals surface area (Å²) in [5, 5.41) is 9.58. The number of hydrogen-bond acceptors (Lipinski definition) is 11. The molecule has 1 aromatic carbocycles. The Balaban J connectivity index is 1.42. The van der Waals surface area contributed by atoms with Gasteiger partial charge in [0.25, 0.3) is 0 Å². The normalized spacial score (nSPS) is 19.1. The van der Waals surface area contributed by atoms with Gasteiger partial charge in [0, 0.05) is 35.4 Å². The Morgan fingerprint density at radius 2 is 1.77 bits per heavy atom. The van der Waals surface area contributed by atoms with Gasteiger partial charge in [0.05, 0.1) is 32.0 Å². The van der Waals surface area contributed by atoms with E-state index >= 15 is 0 Å². The van der Waals surface area contributed by atoms with Crippen molar-refractivity contribution in [2.75, 3.05) is 26.1 Å². The minimum atomic E-state index is -0.943. The number of alkyl carbamates (subject to hydrolysis) is 1. The molecule has 2 N–H and O–H groups in total. The number of esters is 1. The van der Waals surface area contributed by atoms with E-state index < -0.39 is 41.6 Å². The Kier molecular flexibility index (Phi) is 10.4. The average molecular weight is 668 g/mol. The zero-order valence-electron chi connectivity index (χ0n) is 28.1. The van der Waals surface area contributed by atoms with Gasteiger partial charge in [-0.05, 0) is 57.1 Å². The minimum Gasteiger partial charge on any atom is -0.497 e. The number of thiazole rings is 1. The summed E-state index contributed by atoms with van der Waals surface area (Å²) < 4.78 is 22.8. The number of anilines is 1. The number of carbonyl (C=O) groups is 3. The maximum atomic E-state index is 14.1. The highest BCUT2D eigenvalue weighted by Gasteiger charge is 2.46. The molecule has 12 nitrogen and oxygen atoms in total. The van der Waals surface area contributed by atoms with Crippen molar-refractivity contribution in [2.24, 2.45) is 5.41 Å². The Morgan fingerprint density at radius 3 is 2.43 bits per heavy atom. The van der Waals surface area contributed by atoms with Gasteiger partial charge < -0.3 is 34.5 Å². The van der Waals surface area contributed by atoms with Crippen LogP contribution in [0.2, 0.25) is 0 Å². The van der Waals surface area contributed by atoms with E-state index in [1.807, 2.05) is 64.3 Å². The summed E-state index contributed by atoms with van der Waals surface area (Å²) in [6.45, 7) is 9.80. The number of methoxy groups -OCH3 is 2. The highest BCUT2D eigenvalue weighted by Crippen LogP contribution is 2.36. The maximum absolute atomic E-state index is 14.1. The number of nitrogens with one attached hydrogen (secondary N) is 2. The summed E-state index contributed by atoms with van der Waals surface area (Å²) in [5.74, 6) is 0.222. The standard InChI is InChI=1S/C34H45N5O7S/c1-19(2)35-32-37-26(18-47-32)25-16-28(23-13-12-21(43-6)14-24(23)36-25)45-22-15-27(31(41)44-7)39(17-22)30(40)29(34(3,4)5)38-33(42)46-20-10-8-9-11-20/h12-14,16,18-20,22,27,29H,8-11,15,17H2,1-7H3,(H,35,37)(H,38,42)/t22-,27+,29-/m1/s1. The van der Waals surface area contributed by atoms with Gasteiger partial charge in [-0.2, -0.15) is 0 Å². The monoisotopic (exact) mass is 667 g/mol. The Labute approximate surface area is 279 Å². The van der Waals surface area contributed by atoms with E-state index in [9.17, 15) is 14.4 Å². The molecule has 254 valence electrons. The van der Waals surface area contributed by atoms with Gasteiger partial charge in [0.15, 0.2) is 5.13 Å². The molecule has 0 bridgehead atoms. The zero-order valence-corrected chi connectivity index (χ0v) is 28.9. The molecule has 1 aliphatic carbocycles. The minimum absolute atomic E-state index is 0.110. The van der Waals surface area contributed by atoms with Crippen LogP contribution in [-0.2, 0) is 19.1 Å². The van der Waals surface area contributed by atoms with Crippen molar-refractivity contribution in [3.8, 4) is 22.9 Å². The molecule has 2 aliphatic rings. The fourth-order valence-electron chi connectivity index (χ4n) is 6.03. The quantitative estimate of drug-likeness (QED) is 0.255. The lowest BCUT2D eigenvalue weighted by molar-refractivity contribution is -0.152. The van der Waals surface area contributed by atoms with Gasteiger partial charge >= 0.3 is 12.1 Å². The molecule has 13 heteroatoms. The summed E-state index contributed by atoms with van der Waals surface area (Å²) in [4.78, 5) is 51.1. The SMILES string of the molecule is COC(=O)[C@@H]1C[C@@H](Oc2cc(-c3csc(NC(C)C)n3)nc3cc(OC)ccc23)CN1C(=O)[C@@H](NC(=O)OC1CCCC1)C(C)(C)C. The molecule has 1 saturated carbocycles. The zero-order chi connectivity index (χ0) is 33.9. The van der Waals surface area contributed by atoms with Crippen LogP contribution in [0.25, 0.3) is 22.3 Å². The van der Waals surface area contributed by atoms with Gasteiger partial charge in [0.2, 0.25) is 5.91 Å². The maximum Gasteiger partial charge on any atom is 0.408 e. The summed E-state index contributed by atoms with van der Waals surface area (Å²) in [7, 11) is 2.89. The molecule has 0 spiro atoms. The van der Waals surface area contributed by atoms with Crippen molar-refractivity contribution in [2.45, 2.75) is 97.1 Å². The number of hydrogen-bond donors (Lipinski definition) is 2. The number of ether oxygens (including phenoxy) is 4. The molecule has 1 saturated heterocycles. The smallest absolute Gasteiger partial charge is 0.408 e. The first-order chi connectivity index (χ1) is 22.4. The van der Waals surface area contributed by atoms with Crippen molar-refractivity contribution >= 4 is 45.3 Å². The number of likely N-dealkylation sites (tertiary alicyclic amines) is 1. The van der Waals surface area contributed by atoms with Crippen LogP contribution in [-0.4, -0.2) is 83.9 Å². The van der Waals surface area contributed by atoms with Crippen molar-refractivity contribution in [3.63, 3.8) is 0 Å². The Bertz CT molecular complexity index is 1600. The number of pyridine rings is 1. The van der Waals surface area contributed by atoms with Gasteiger partial charge in [0.1, 0.15) is 41.5 Å². The van der Waals surface area contributed by atoms with E-state index in [0.29, 0.717) is 28.4 Å². The summed E-state index contributed by atoms with van der Waals surface area (Å²) >= 11 is 1.49. The van der Waals surface area contributed by atoms with E-state index in [1.54, 1.807) is 7.11 Å². The highest BCUT2D eigenvalue weighted by atomic mass is 32.1. The summed E-state index contributed by atoms with van der Waals surface area (Å²) in [6.07, 6.45) is 2.52. The number of aromatic nitrogens is 2. The number of fused-ring (bicyclic) bond motifs is 1. The van der Waals surface area contributed by atoms with Crippen LogP contribution in [0.4, 0.5) is 9.93 Å². The lowest BCUT2D eigenvalue weighted by atomic mass is 9.85. The van der Waals surface area contributed by atoms with Crippen LogP contribution in [0.1, 0.15) is 66.7 Å². The van der Waals surface area contributed by atoms with Crippen molar-refractivity contribution in [3.05, 3.63) is 29.6 Å². The summed E-state index contributed by atoms with van der Waals surface area (Å²) in [6, 6.07) is 5.75. The number of nitrogens with zero attached hydrogens (tertiary/aromatic N) is 3. The van der Waals surface area contributed by atoms with Crippen LogP contribution < -0.4 is 20.1 Å². The van der Waals surface area contributed by atoms with Crippen molar-refractivity contribution in [1.29, 1.82) is 0 Å². The summed E-state index contributed by atoms with van der Waals surface area (Å²) in [5.41, 5.74) is 1.28. The molecule has 1 aliphatic heterocycles. The molecule has 2 fully saturated rings. The molecular weight excluding hydrogens is 622 g/mol. The van der Waals surface area contributed by atoms with Gasteiger partial charge in [-0.15, -0.1) is 11.3 Å². The molecule has 2 aromatic heterocycles. The Morgan fingerprint density at radius 1 is 1.02 bits per heavy atom. The number of rotatable bonds is 10. The van der Waals surface area contributed by atoms with Crippen LogP contribution in [0, 0.1) is 5.41 Å². The lowest BCUT2D eigenvalue weighted by Gasteiger charge is -2.35. The fraction of sp³-hybridized carbons (Fsp3) is 0.559.